The molecular weight excluding hydrogens is 526 g/mol. The largest absolute Gasteiger partial charge is 0.366 e. The van der Waals surface area contributed by atoms with Gasteiger partial charge in [-0.25, -0.2) is 18.7 Å². The summed E-state index contributed by atoms with van der Waals surface area (Å²) in [6.45, 7) is 1.79. The molecule has 0 radical (unpaired) electrons. The quantitative estimate of drug-likeness (QED) is 0.482. The molecule has 11 heteroatoms. The Morgan fingerprint density at radius 3 is 2.54 bits per heavy atom. The lowest BCUT2D eigenvalue weighted by molar-refractivity contribution is -0.124. The maximum Gasteiger partial charge on any atom is 0.281 e. The molecule has 1 spiro atoms. The second-order valence-electron chi connectivity index (χ2n) is 10.5. The number of carbonyl (C=O) groups is 2. The summed E-state index contributed by atoms with van der Waals surface area (Å²) >= 11 is 5.90. The average Bonchev–Trinajstić information content (AvgIpc) is 3.17. The van der Waals surface area contributed by atoms with Gasteiger partial charge in [-0.3, -0.25) is 14.6 Å². The van der Waals surface area contributed by atoms with Crippen molar-refractivity contribution in [3.8, 4) is 0 Å². The number of alkyl halides is 2. The van der Waals surface area contributed by atoms with Crippen LogP contribution < -0.4 is 15.1 Å². The molecule has 1 aromatic carbocycles. The first-order valence-electron chi connectivity index (χ1n) is 13.0. The molecule has 2 aliphatic heterocycles. The van der Waals surface area contributed by atoms with Crippen molar-refractivity contribution >= 4 is 34.8 Å². The van der Waals surface area contributed by atoms with Gasteiger partial charge in [0.05, 0.1) is 28.7 Å². The third-order valence-electron chi connectivity index (χ3n) is 8.16. The van der Waals surface area contributed by atoms with Crippen LogP contribution in [0, 0.1) is 5.92 Å². The number of pyridine rings is 1. The highest BCUT2D eigenvalue weighted by Gasteiger charge is 2.58. The Labute approximate surface area is 229 Å². The van der Waals surface area contributed by atoms with Gasteiger partial charge in [0.15, 0.2) is 0 Å². The summed E-state index contributed by atoms with van der Waals surface area (Å²) in [5, 5.41) is 3.01. The smallest absolute Gasteiger partial charge is 0.281 e. The van der Waals surface area contributed by atoms with Crippen LogP contribution in [0.25, 0.3) is 0 Å². The van der Waals surface area contributed by atoms with Gasteiger partial charge in [-0.15, -0.1) is 0 Å². The number of carbonyl (C=O) groups excluding carboxylic acids is 2. The topological polar surface area (TPSA) is 91.3 Å². The Balaban J connectivity index is 1.09. The van der Waals surface area contributed by atoms with Crippen LogP contribution in [0.15, 0.2) is 55.2 Å². The second-order valence-corrected chi connectivity index (χ2v) is 11.0. The molecule has 1 saturated heterocycles. The van der Waals surface area contributed by atoms with E-state index in [9.17, 15) is 18.4 Å². The number of fused-ring (bicyclic) bond motifs is 2. The number of hydrogen-bond donors (Lipinski definition) is 1. The fourth-order valence-corrected chi connectivity index (χ4v) is 6.30. The minimum absolute atomic E-state index is 0.125. The van der Waals surface area contributed by atoms with E-state index < -0.39 is 23.4 Å². The molecule has 8 nitrogen and oxygen atoms in total. The highest BCUT2D eigenvalue weighted by Crippen LogP contribution is 2.49. The van der Waals surface area contributed by atoms with Gasteiger partial charge in [0.2, 0.25) is 5.91 Å². The van der Waals surface area contributed by atoms with Crippen molar-refractivity contribution in [2.75, 3.05) is 29.4 Å². The van der Waals surface area contributed by atoms with E-state index in [2.05, 4.69) is 31.2 Å². The summed E-state index contributed by atoms with van der Waals surface area (Å²) in [5.41, 5.74) is 1.61. The Morgan fingerprint density at radius 1 is 1.10 bits per heavy atom. The number of hydrogen-bond acceptors (Lipinski definition) is 6. The minimum Gasteiger partial charge on any atom is -0.366 e. The van der Waals surface area contributed by atoms with Gasteiger partial charge < -0.3 is 15.1 Å². The third-order valence-corrected chi connectivity index (χ3v) is 8.36. The molecule has 2 aromatic heterocycles. The molecule has 1 saturated carbocycles. The maximum absolute atomic E-state index is 13.8. The molecule has 202 valence electrons. The molecule has 39 heavy (non-hydrogen) atoms. The van der Waals surface area contributed by atoms with Crippen LogP contribution >= 0.6 is 11.6 Å². The van der Waals surface area contributed by atoms with E-state index in [-0.39, 0.29) is 28.5 Å². The standard InChI is InChI=1S/C28H27ClF2N6O2/c29-18-9-21(24(25(30)31)34-10-18)26(38)35-19-7-5-17(6-8-19)13-37-23-4-2-1-3-22(23)28(27(37)39)14-36(15-28)20-11-32-16-33-12-20/h1-4,9-12,16-17,19,25H,5-8,13-15H2,(H,35,38)/t17-,19-. The van der Waals surface area contributed by atoms with Crippen molar-refractivity contribution in [1.29, 1.82) is 0 Å². The van der Waals surface area contributed by atoms with Gasteiger partial charge in [-0.05, 0) is 49.3 Å². The lowest BCUT2D eigenvalue weighted by atomic mass is 9.74. The zero-order chi connectivity index (χ0) is 27.1. The van der Waals surface area contributed by atoms with E-state index in [4.69, 9.17) is 11.6 Å². The van der Waals surface area contributed by atoms with Gasteiger partial charge in [-0.2, -0.15) is 0 Å². The zero-order valence-electron chi connectivity index (χ0n) is 21.1. The Morgan fingerprint density at radius 2 is 1.82 bits per heavy atom. The molecule has 0 bridgehead atoms. The molecule has 2 fully saturated rings. The van der Waals surface area contributed by atoms with E-state index in [1.807, 2.05) is 23.1 Å². The molecular formula is C28H27ClF2N6O2. The van der Waals surface area contributed by atoms with Gasteiger partial charge in [0.1, 0.15) is 17.4 Å². The second kappa shape index (κ2) is 10.1. The van der Waals surface area contributed by atoms with E-state index >= 15 is 0 Å². The predicted molar refractivity (Wildman–Crippen MR) is 142 cm³/mol. The van der Waals surface area contributed by atoms with Crippen molar-refractivity contribution in [2.24, 2.45) is 5.92 Å². The number of halogens is 3. The van der Waals surface area contributed by atoms with Gasteiger partial charge in [0.25, 0.3) is 12.3 Å². The van der Waals surface area contributed by atoms with Gasteiger partial charge >= 0.3 is 0 Å². The fourth-order valence-electron chi connectivity index (χ4n) is 6.14. The summed E-state index contributed by atoms with van der Waals surface area (Å²) in [6, 6.07) is 9.10. The van der Waals surface area contributed by atoms with Gasteiger partial charge in [0, 0.05) is 37.6 Å². The number of benzene rings is 1. The van der Waals surface area contributed by atoms with E-state index in [1.165, 1.54) is 12.4 Å². The molecule has 3 aromatic rings. The normalized spacial score (nSPS) is 21.7. The highest BCUT2D eigenvalue weighted by molar-refractivity contribution is 6.30. The fraction of sp³-hybridized carbons (Fsp3) is 0.393. The van der Waals surface area contributed by atoms with Crippen molar-refractivity contribution in [2.45, 2.75) is 43.6 Å². The molecule has 6 rings (SSSR count). The third kappa shape index (κ3) is 4.60. The van der Waals surface area contributed by atoms with Crippen LogP contribution in [0.5, 0.6) is 0 Å². The lowest BCUT2D eigenvalue weighted by Gasteiger charge is -2.48. The summed E-state index contributed by atoms with van der Waals surface area (Å²) in [6.07, 6.45) is 6.28. The zero-order valence-corrected chi connectivity index (χ0v) is 21.8. The van der Waals surface area contributed by atoms with Crippen molar-refractivity contribution in [3.63, 3.8) is 0 Å². The predicted octanol–water partition coefficient (Wildman–Crippen LogP) is 4.56. The first-order chi connectivity index (χ1) is 18.9. The first-order valence-corrected chi connectivity index (χ1v) is 13.4. The molecule has 0 unspecified atom stereocenters. The van der Waals surface area contributed by atoms with Crippen LogP contribution in [0.4, 0.5) is 20.2 Å². The molecule has 3 aliphatic rings. The number of aromatic nitrogens is 3. The number of nitrogens with zero attached hydrogens (tertiary/aromatic N) is 5. The first kappa shape index (κ1) is 25.6. The van der Waals surface area contributed by atoms with Crippen molar-refractivity contribution in [3.05, 3.63) is 77.1 Å². The summed E-state index contributed by atoms with van der Waals surface area (Å²) < 4.78 is 26.7. The monoisotopic (exact) mass is 552 g/mol. The average molecular weight is 553 g/mol. The van der Waals surface area contributed by atoms with Crippen LogP contribution in [-0.2, 0) is 10.2 Å². The van der Waals surface area contributed by atoms with Crippen molar-refractivity contribution in [1.82, 2.24) is 20.3 Å². The minimum atomic E-state index is -2.87. The maximum atomic E-state index is 13.8. The van der Waals surface area contributed by atoms with Crippen LogP contribution in [0.2, 0.25) is 5.02 Å². The molecule has 2 amide bonds. The number of para-hydroxylation sites is 1. The SMILES string of the molecule is O=C(N[C@H]1CC[C@H](CN2C(=O)C3(CN(c4cncnc4)C3)c3ccccc32)CC1)c1cc(Cl)cnc1C(F)F. The number of anilines is 2. The molecule has 1 aliphatic carbocycles. The van der Waals surface area contributed by atoms with E-state index in [0.29, 0.717) is 32.5 Å². The summed E-state index contributed by atoms with van der Waals surface area (Å²) in [5.74, 6) is -0.193. The number of rotatable bonds is 6. The van der Waals surface area contributed by atoms with Crippen LogP contribution in [-0.4, -0.2) is 52.4 Å². The Bertz CT molecular complexity index is 1390. The number of amides is 2. The van der Waals surface area contributed by atoms with Crippen LogP contribution in [0.3, 0.4) is 0 Å². The molecule has 0 atom stereocenters. The number of nitrogens with one attached hydrogen (secondary N) is 1. The van der Waals surface area contributed by atoms with Crippen LogP contribution in [0.1, 0.15) is 53.7 Å². The van der Waals surface area contributed by atoms with Gasteiger partial charge in [-0.1, -0.05) is 29.8 Å². The Hall–Kier alpha value is -3.66. The molecule has 1 N–H and O–H groups in total. The summed E-state index contributed by atoms with van der Waals surface area (Å²) in [7, 11) is 0. The van der Waals surface area contributed by atoms with Crippen molar-refractivity contribution < 1.29 is 18.4 Å². The Kier molecular flexibility index (Phi) is 6.66. The highest BCUT2D eigenvalue weighted by atomic mass is 35.5. The molecule has 4 heterocycles. The summed E-state index contributed by atoms with van der Waals surface area (Å²) in [4.78, 5) is 42.5. The van der Waals surface area contributed by atoms with E-state index in [1.54, 1.807) is 12.4 Å². The lowest BCUT2D eigenvalue weighted by Crippen LogP contribution is -2.64. The van der Waals surface area contributed by atoms with E-state index in [0.717, 1.165) is 36.0 Å².